The van der Waals surface area contributed by atoms with Crippen molar-refractivity contribution in [2.45, 2.75) is 37.5 Å². The van der Waals surface area contributed by atoms with Crippen LogP contribution in [0.15, 0.2) is 60.7 Å². The van der Waals surface area contributed by atoms with Crippen LogP contribution in [0, 0.1) is 0 Å². The van der Waals surface area contributed by atoms with Gasteiger partial charge in [-0.1, -0.05) is 0 Å². The molecule has 0 amide bonds. The fourth-order valence-electron chi connectivity index (χ4n) is 2.26. The molecule has 0 aliphatic carbocycles. The summed E-state index contributed by atoms with van der Waals surface area (Å²) in [5, 5.41) is 0. The van der Waals surface area contributed by atoms with Crippen LogP contribution in [0.4, 0.5) is 0 Å². The zero-order valence-corrected chi connectivity index (χ0v) is 15.2. The molecule has 0 heterocycles. The van der Waals surface area contributed by atoms with Crippen LogP contribution in [0.25, 0.3) is 0 Å². The summed E-state index contributed by atoms with van der Waals surface area (Å²) in [6.45, 7) is 4.95. The number of methoxy groups -OCH3 is 1. The van der Waals surface area contributed by atoms with E-state index in [-0.39, 0.29) is 12.2 Å². The average Bonchev–Trinajstić information content (AvgIpc) is 2.58. The van der Waals surface area contributed by atoms with Gasteiger partial charge in [0.25, 0.3) is 0 Å². The van der Waals surface area contributed by atoms with Crippen LogP contribution in [0.1, 0.15) is 19.4 Å². The van der Waals surface area contributed by atoms with Gasteiger partial charge >= 0.3 is 140 Å². The third-order valence-electron chi connectivity index (χ3n) is 3.67. The summed E-state index contributed by atoms with van der Waals surface area (Å²) in [4.78, 5) is 0.392. The number of hydrogen-bond donors (Lipinski definition) is 0. The fourth-order valence-corrected chi connectivity index (χ4v) is 4.78. The molecule has 0 spiro atoms. The molecule has 0 aliphatic heterocycles. The van der Waals surface area contributed by atoms with E-state index in [2.05, 4.69) is 56.3 Å². The van der Waals surface area contributed by atoms with Crippen LogP contribution in [0.3, 0.4) is 0 Å². The molecule has 22 heavy (non-hydrogen) atoms. The number of hydrogen-bond acceptors (Lipinski definition) is 2. The van der Waals surface area contributed by atoms with Gasteiger partial charge in [0.05, 0.1) is 0 Å². The van der Waals surface area contributed by atoms with E-state index in [1.165, 1.54) is 10.0 Å². The van der Waals surface area contributed by atoms with E-state index in [4.69, 9.17) is 9.47 Å². The Balaban J connectivity index is 1.98. The summed E-state index contributed by atoms with van der Waals surface area (Å²) >= 11 is 0.326. The normalized spacial score (nSPS) is 15.2. The molecule has 0 radical (unpaired) electrons. The maximum absolute atomic E-state index is 6.12. The molecule has 2 aromatic carbocycles. The number of ether oxygens (including phenoxy) is 2. The van der Waals surface area contributed by atoms with Crippen molar-refractivity contribution in [2.24, 2.45) is 0 Å². The van der Waals surface area contributed by atoms with Crippen LogP contribution in [-0.2, 0) is 16.1 Å². The Morgan fingerprint density at radius 2 is 1.45 bits per heavy atom. The molecular weight excluding hydrogens is 339 g/mol. The molecule has 0 saturated carbocycles. The topological polar surface area (TPSA) is 18.5 Å². The monoisotopic (exact) mass is 364 g/mol. The van der Waals surface area contributed by atoms with E-state index >= 15 is 0 Å². The summed E-state index contributed by atoms with van der Waals surface area (Å²) in [6, 6.07) is 21.0. The van der Waals surface area contributed by atoms with E-state index in [9.17, 15) is 0 Å². The summed E-state index contributed by atoms with van der Waals surface area (Å²) < 4.78 is 13.1. The van der Waals surface area contributed by atoms with Gasteiger partial charge in [-0.2, -0.15) is 0 Å². The van der Waals surface area contributed by atoms with Gasteiger partial charge in [0.15, 0.2) is 0 Å². The molecule has 118 valence electrons. The van der Waals surface area contributed by atoms with Crippen LogP contribution >= 0.6 is 0 Å². The summed E-state index contributed by atoms with van der Waals surface area (Å²) in [5.74, 6) is 0. The minimum absolute atomic E-state index is 0.162. The van der Waals surface area contributed by atoms with Crippen LogP contribution in [0.5, 0.6) is 0 Å². The van der Waals surface area contributed by atoms with E-state index < -0.39 is 0 Å². The van der Waals surface area contributed by atoms with E-state index in [0.29, 0.717) is 26.4 Å². The van der Waals surface area contributed by atoms with Crippen molar-refractivity contribution in [2.75, 3.05) is 7.11 Å². The molecule has 0 aromatic heterocycles. The second-order valence-electron chi connectivity index (χ2n) is 5.34. The van der Waals surface area contributed by atoms with Crippen molar-refractivity contribution in [3.63, 3.8) is 0 Å². The first-order valence-corrected chi connectivity index (χ1v) is 9.45. The predicted molar refractivity (Wildman–Crippen MR) is 92.7 cm³/mol. The average molecular weight is 363 g/mol. The van der Waals surface area contributed by atoms with Crippen molar-refractivity contribution in [3.05, 3.63) is 66.2 Å². The second kappa shape index (κ2) is 9.12. The Morgan fingerprint density at radius 3 is 2.05 bits per heavy atom. The van der Waals surface area contributed by atoms with Crippen molar-refractivity contribution in [3.8, 4) is 0 Å². The third-order valence-corrected chi connectivity index (χ3v) is 6.99. The maximum atomic E-state index is 6.12. The first kappa shape index (κ1) is 17.2. The second-order valence-corrected chi connectivity index (χ2v) is 7.96. The van der Waals surface area contributed by atoms with E-state index in [1.807, 2.05) is 18.2 Å². The Hall–Kier alpha value is -1.12. The molecular formula is C19H24O2Se. The third kappa shape index (κ3) is 5.26. The molecule has 0 N–H and O–H groups in total. The van der Waals surface area contributed by atoms with Gasteiger partial charge in [-0.3, -0.25) is 0 Å². The SMILES string of the molecule is CO[C@H](C)[C@@H]([Se]c1ccccc1)[C@@H](C)OCc1ccccc1. The molecule has 3 heteroatoms. The van der Waals surface area contributed by atoms with E-state index in [1.54, 1.807) is 7.11 Å². The van der Waals surface area contributed by atoms with Gasteiger partial charge in [-0.05, 0) is 0 Å². The molecule has 2 aromatic rings. The van der Waals surface area contributed by atoms with E-state index in [0.717, 1.165) is 0 Å². The van der Waals surface area contributed by atoms with Gasteiger partial charge < -0.3 is 0 Å². The Labute approximate surface area is 140 Å². The standard InChI is InChI=1S/C19H24O2Se/c1-15(20-3)19(22-18-12-8-5-9-13-18)16(2)21-14-17-10-6-4-7-11-17/h4-13,15-16,19H,14H2,1-3H3/t15-,16-,19-/m1/s1. The van der Waals surface area contributed by atoms with Crippen LogP contribution in [-0.4, -0.2) is 34.3 Å². The first-order valence-electron chi connectivity index (χ1n) is 7.60. The number of benzene rings is 2. The molecule has 2 rings (SSSR count). The zero-order chi connectivity index (χ0) is 15.8. The minimum atomic E-state index is 0.162. The Kier molecular flexibility index (Phi) is 7.14. The Bertz CT molecular complexity index is 530. The summed E-state index contributed by atoms with van der Waals surface area (Å²) in [7, 11) is 1.78. The first-order chi connectivity index (χ1) is 10.7. The summed E-state index contributed by atoms with van der Waals surface area (Å²) in [6.07, 6.45) is 0.348. The molecule has 3 atom stereocenters. The van der Waals surface area contributed by atoms with Gasteiger partial charge in [-0.15, -0.1) is 0 Å². The molecule has 0 unspecified atom stereocenters. The van der Waals surface area contributed by atoms with Gasteiger partial charge in [0.1, 0.15) is 0 Å². The molecule has 0 fully saturated rings. The predicted octanol–water partition coefficient (Wildman–Crippen LogP) is 3.44. The van der Waals surface area contributed by atoms with Crippen LogP contribution < -0.4 is 4.46 Å². The fraction of sp³-hybridized carbons (Fsp3) is 0.368. The Morgan fingerprint density at radius 1 is 0.864 bits per heavy atom. The van der Waals surface area contributed by atoms with Crippen molar-refractivity contribution in [1.29, 1.82) is 0 Å². The molecule has 2 nitrogen and oxygen atoms in total. The van der Waals surface area contributed by atoms with Crippen molar-refractivity contribution < 1.29 is 9.47 Å². The molecule has 0 saturated heterocycles. The van der Waals surface area contributed by atoms with Gasteiger partial charge in [0.2, 0.25) is 0 Å². The van der Waals surface area contributed by atoms with Crippen molar-refractivity contribution in [1.82, 2.24) is 0 Å². The number of rotatable bonds is 8. The van der Waals surface area contributed by atoms with Crippen LogP contribution in [0.2, 0.25) is 4.82 Å². The summed E-state index contributed by atoms with van der Waals surface area (Å²) in [5.41, 5.74) is 1.21. The molecule has 0 aliphatic rings. The zero-order valence-electron chi connectivity index (χ0n) is 13.4. The van der Waals surface area contributed by atoms with Gasteiger partial charge in [0, 0.05) is 0 Å². The van der Waals surface area contributed by atoms with Crippen molar-refractivity contribution >= 4 is 19.4 Å². The molecule has 0 bridgehead atoms. The van der Waals surface area contributed by atoms with Gasteiger partial charge in [-0.25, -0.2) is 0 Å². The quantitative estimate of drug-likeness (QED) is 0.669.